The van der Waals surface area contributed by atoms with Crippen molar-refractivity contribution in [2.45, 2.75) is 6.92 Å². The highest BCUT2D eigenvalue weighted by Gasteiger charge is 2.17. The molecule has 8 heteroatoms. The predicted molar refractivity (Wildman–Crippen MR) is 71.1 cm³/mol. The normalized spacial score (nSPS) is 10.3. The first kappa shape index (κ1) is 14.0. The molecular weight excluding hydrogens is 284 g/mol. The average Bonchev–Trinajstić information content (AvgIpc) is 2.79. The highest BCUT2D eigenvalue weighted by Crippen LogP contribution is 2.15. The fraction of sp³-hybridized carbons (Fsp3) is 0.167. The van der Waals surface area contributed by atoms with E-state index in [0.717, 1.165) is 0 Å². The number of carbonyl (C=O) groups is 2. The van der Waals surface area contributed by atoms with Crippen LogP contribution in [0.25, 0.3) is 5.69 Å². The van der Waals surface area contributed by atoms with E-state index in [1.807, 2.05) is 0 Å². The van der Waals surface area contributed by atoms with E-state index in [4.69, 9.17) is 16.7 Å². The zero-order valence-corrected chi connectivity index (χ0v) is 11.3. The van der Waals surface area contributed by atoms with E-state index in [1.165, 1.54) is 4.68 Å². The van der Waals surface area contributed by atoms with Crippen molar-refractivity contribution in [3.05, 3.63) is 40.7 Å². The minimum atomic E-state index is -1.12. The third kappa shape index (κ3) is 2.94. The number of benzene rings is 1. The van der Waals surface area contributed by atoms with Crippen LogP contribution in [0.2, 0.25) is 5.02 Å². The van der Waals surface area contributed by atoms with Gasteiger partial charge in [-0.15, -0.1) is 5.10 Å². The summed E-state index contributed by atoms with van der Waals surface area (Å²) in [7, 11) is 0. The maximum Gasteiger partial charge on any atom is 0.322 e. The number of carboxylic acids is 1. The molecule has 2 rings (SSSR count). The van der Waals surface area contributed by atoms with Gasteiger partial charge in [0.15, 0.2) is 5.69 Å². The molecule has 0 fully saturated rings. The molecule has 1 amide bonds. The first-order chi connectivity index (χ1) is 9.49. The topological polar surface area (TPSA) is 97.1 Å². The average molecular weight is 295 g/mol. The maximum atomic E-state index is 11.8. The lowest BCUT2D eigenvalue weighted by atomic mass is 10.3. The lowest BCUT2D eigenvalue weighted by Gasteiger charge is -2.04. The Labute approximate surface area is 119 Å². The largest absolute Gasteiger partial charge is 0.480 e. The molecule has 2 N–H and O–H groups in total. The number of halogens is 1. The molecule has 2 aromatic rings. The minimum Gasteiger partial charge on any atom is -0.480 e. The Morgan fingerprint density at radius 2 is 2.00 bits per heavy atom. The number of carboxylic acid groups (broad SMARTS) is 1. The molecule has 1 aromatic carbocycles. The predicted octanol–water partition coefficient (Wildman–Crippen LogP) is 1.04. The molecule has 0 radical (unpaired) electrons. The van der Waals surface area contributed by atoms with Crippen LogP contribution >= 0.6 is 11.6 Å². The third-order valence-corrected chi connectivity index (χ3v) is 2.83. The fourth-order valence-electron chi connectivity index (χ4n) is 1.61. The highest BCUT2D eigenvalue weighted by atomic mass is 35.5. The number of nitrogens with zero attached hydrogens (tertiary/aromatic N) is 3. The van der Waals surface area contributed by atoms with E-state index in [1.54, 1.807) is 31.2 Å². The van der Waals surface area contributed by atoms with E-state index in [-0.39, 0.29) is 5.69 Å². The molecule has 0 saturated heterocycles. The number of carbonyl (C=O) groups excluding carboxylic acids is 1. The Kier molecular flexibility index (Phi) is 3.99. The lowest BCUT2D eigenvalue weighted by molar-refractivity contribution is -0.135. The van der Waals surface area contributed by atoms with Gasteiger partial charge in [-0.2, -0.15) is 0 Å². The number of hydrogen-bond donors (Lipinski definition) is 2. The van der Waals surface area contributed by atoms with E-state index in [9.17, 15) is 9.59 Å². The Hall–Kier alpha value is -2.41. The van der Waals surface area contributed by atoms with E-state index < -0.39 is 18.4 Å². The van der Waals surface area contributed by atoms with Gasteiger partial charge in [-0.25, -0.2) is 4.68 Å². The summed E-state index contributed by atoms with van der Waals surface area (Å²) in [5, 5.41) is 19.0. The van der Waals surface area contributed by atoms with E-state index >= 15 is 0 Å². The quantitative estimate of drug-likeness (QED) is 0.878. The highest BCUT2D eigenvalue weighted by molar-refractivity contribution is 6.30. The Balaban J connectivity index is 2.24. The van der Waals surface area contributed by atoms with Gasteiger partial charge in [0.2, 0.25) is 0 Å². The van der Waals surface area contributed by atoms with Crippen molar-refractivity contribution in [1.29, 1.82) is 0 Å². The molecule has 104 valence electrons. The summed E-state index contributed by atoms with van der Waals surface area (Å²) in [6, 6.07) is 6.87. The molecule has 1 aromatic heterocycles. The number of nitrogens with one attached hydrogen (secondary N) is 1. The van der Waals surface area contributed by atoms with Crippen LogP contribution in [0.15, 0.2) is 24.3 Å². The number of amides is 1. The standard InChI is InChI=1S/C12H11ClN4O3/c1-7-11(12(20)14-6-10(18)19)15-16-17(7)9-4-2-8(13)3-5-9/h2-5H,6H2,1H3,(H,14,20)(H,18,19). The van der Waals surface area contributed by atoms with Crippen molar-refractivity contribution in [3.63, 3.8) is 0 Å². The second kappa shape index (κ2) is 5.70. The SMILES string of the molecule is Cc1c(C(=O)NCC(=O)O)nnn1-c1ccc(Cl)cc1. The first-order valence-corrected chi connectivity index (χ1v) is 6.05. The van der Waals surface area contributed by atoms with Crippen molar-refractivity contribution in [1.82, 2.24) is 20.3 Å². The Morgan fingerprint density at radius 1 is 1.35 bits per heavy atom. The Morgan fingerprint density at radius 3 is 2.60 bits per heavy atom. The van der Waals surface area contributed by atoms with E-state index in [2.05, 4.69) is 15.6 Å². The van der Waals surface area contributed by atoms with Gasteiger partial charge in [-0.1, -0.05) is 16.8 Å². The van der Waals surface area contributed by atoms with Crippen LogP contribution in [0.3, 0.4) is 0 Å². The molecule has 0 aliphatic carbocycles. The number of aromatic nitrogens is 3. The molecule has 0 saturated carbocycles. The second-order valence-electron chi connectivity index (χ2n) is 3.99. The zero-order chi connectivity index (χ0) is 14.7. The van der Waals surface area contributed by atoms with Crippen LogP contribution in [0.1, 0.15) is 16.2 Å². The summed E-state index contributed by atoms with van der Waals surface area (Å²) >= 11 is 5.80. The molecule has 0 atom stereocenters. The van der Waals surface area contributed by atoms with Crippen LogP contribution in [0.5, 0.6) is 0 Å². The van der Waals surface area contributed by atoms with Gasteiger partial charge in [0, 0.05) is 5.02 Å². The van der Waals surface area contributed by atoms with Crippen LogP contribution in [-0.2, 0) is 4.79 Å². The molecule has 20 heavy (non-hydrogen) atoms. The van der Waals surface area contributed by atoms with Crippen molar-refractivity contribution >= 4 is 23.5 Å². The minimum absolute atomic E-state index is 0.0844. The van der Waals surface area contributed by atoms with Gasteiger partial charge in [-0.3, -0.25) is 9.59 Å². The van der Waals surface area contributed by atoms with Gasteiger partial charge >= 0.3 is 5.97 Å². The summed E-state index contributed by atoms with van der Waals surface area (Å²) in [6.45, 7) is 1.20. The zero-order valence-electron chi connectivity index (χ0n) is 10.5. The molecule has 0 spiro atoms. The monoisotopic (exact) mass is 294 g/mol. The molecule has 0 aliphatic rings. The van der Waals surface area contributed by atoms with Gasteiger partial charge in [0.25, 0.3) is 5.91 Å². The van der Waals surface area contributed by atoms with Gasteiger partial charge in [0.1, 0.15) is 6.54 Å². The van der Waals surface area contributed by atoms with Crippen molar-refractivity contribution in [2.24, 2.45) is 0 Å². The van der Waals surface area contributed by atoms with Crippen LogP contribution in [-0.4, -0.2) is 38.5 Å². The molecule has 0 bridgehead atoms. The molecule has 1 heterocycles. The van der Waals surface area contributed by atoms with Crippen LogP contribution < -0.4 is 5.32 Å². The van der Waals surface area contributed by atoms with Gasteiger partial charge < -0.3 is 10.4 Å². The third-order valence-electron chi connectivity index (χ3n) is 2.58. The van der Waals surface area contributed by atoms with Crippen molar-refractivity contribution in [2.75, 3.05) is 6.54 Å². The molecule has 0 aliphatic heterocycles. The molecule has 0 unspecified atom stereocenters. The maximum absolute atomic E-state index is 11.8. The Bertz CT molecular complexity index is 651. The van der Waals surface area contributed by atoms with Crippen molar-refractivity contribution in [3.8, 4) is 5.69 Å². The van der Waals surface area contributed by atoms with Crippen LogP contribution in [0, 0.1) is 6.92 Å². The lowest BCUT2D eigenvalue weighted by Crippen LogP contribution is -2.30. The summed E-state index contributed by atoms with van der Waals surface area (Å²) < 4.78 is 1.48. The number of aliphatic carboxylic acids is 1. The van der Waals surface area contributed by atoms with Gasteiger partial charge in [0.05, 0.1) is 11.4 Å². The summed E-state index contributed by atoms with van der Waals surface area (Å²) in [6.07, 6.45) is 0. The summed E-state index contributed by atoms with van der Waals surface area (Å²) in [5.74, 6) is -1.70. The van der Waals surface area contributed by atoms with Gasteiger partial charge in [-0.05, 0) is 31.2 Å². The smallest absolute Gasteiger partial charge is 0.322 e. The first-order valence-electron chi connectivity index (χ1n) is 5.67. The van der Waals surface area contributed by atoms with Crippen LogP contribution in [0.4, 0.5) is 0 Å². The molecule has 7 nitrogen and oxygen atoms in total. The van der Waals surface area contributed by atoms with E-state index in [0.29, 0.717) is 16.4 Å². The summed E-state index contributed by atoms with van der Waals surface area (Å²) in [5.41, 5.74) is 1.30. The molecular formula is C12H11ClN4O3. The number of hydrogen-bond acceptors (Lipinski definition) is 4. The van der Waals surface area contributed by atoms with Crippen molar-refractivity contribution < 1.29 is 14.7 Å². The number of rotatable bonds is 4. The second-order valence-corrected chi connectivity index (χ2v) is 4.42. The fourth-order valence-corrected chi connectivity index (χ4v) is 1.73. The summed E-state index contributed by atoms with van der Waals surface area (Å²) in [4.78, 5) is 22.2.